The molecule has 1 saturated heterocycles. The van der Waals surface area contributed by atoms with Gasteiger partial charge in [-0.25, -0.2) is 0 Å². The third-order valence-electron chi connectivity index (χ3n) is 4.65. The third kappa shape index (κ3) is 4.27. The van der Waals surface area contributed by atoms with Gasteiger partial charge in [-0.3, -0.25) is 24.7 Å². The number of hydrogen-bond donors (Lipinski definition) is 1. The second-order valence-corrected chi connectivity index (χ2v) is 6.33. The van der Waals surface area contributed by atoms with Crippen molar-refractivity contribution in [3.05, 3.63) is 58.5 Å². The molecule has 0 aliphatic carbocycles. The maximum atomic E-state index is 12.5. The molecule has 138 valence electrons. The molecule has 1 aromatic carbocycles. The quantitative estimate of drug-likeness (QED) is 0.629. The molecule has 1 atom stereocenters. The second-order valence-electron chi connectivity index (χ2n) is 6.33. The van der Waals surface area contributed by atoms with Gasteiger partial charge in [0, 0.05) is 32.2 Å². The monoisotopic (exact) mass is 358 g/mol. The maximum absolute atomic E-state index is 12.5. The van der Waals surface area contributed by atoms with E-state index in [1.54, 1.807) is 24.5 Å². The van der Waals surface area contributed by atoms with Crippen molar-refractivity contribution in [3.63, 3.8) is 0 Å². The van der Waals surface area contributed by atoms with Crippen LogP contribution < -0.4 is 5.32 Å². The van der Waals surface area contributed by atoms with Crippen molar-refractivity contribution in [1.82, 2.24) is 9.80 Å². The summed E-state index contributed by atoms with van der Waals surface area (Å²) >= 11 is 0. The molecule has 8 heteroatoms. The molecule has 2 heterocycles. The summed E-state index contributed by atoms with van der Waals surface area (Å²) in [4.78, 5) is 27.5. The van der Waals surface area contributed by atoms with Crippen LogP contribution in [0.15, 0.2) is 47.1 Å². The third-order valence-corrected chi connectivity index (χ3v) is 4.65. The van der Waals surface area contributed by atoms with Crippen LogP contribution >= 0.6 is 0 Å². The second kappa shape index (κ2) is 8.11. The van der Waals surface area contributed by atoms with Gasteiger partial charge >= 0.3 is 0 Å². The topological polar surface area (TPSA) is 91.9 Å². The summed E-state index contributed by atoms with van der Waals surface area (Å²) in [6.07, 6.45) is 1.67. The molecule has 2 aromatic rings. The van der Waals surface area contributed by atoms with Gasteiger partial charge in [0.1, 0.15) is 11.4 Å². The first-order valence-electron chi connectivity index (χ1n) is 8.57. The number of carbonyl (C=O) groups excluding carboxylic acids is 1. The van der Waals surface area contributed by atoms with E-state index in [1.165, 1.54) is 6.07 Å². The van der Waals surface area contributed by atoms with E-state index in [2.05, 4.69) is 15.1 Å². The molecule has 0 saturated carbocycles. The number of amides is 1. The molecule has 0 unspecified atom stereocenters. The Balaban J connectivity index is 1.54. The van der Waals surface area contributed by atoms with Gasteiger partial charge in [-0.15, -0.1) is 0 Å². The number of nitrogens with one attached hydrogen (secondary N) is 1. The number of nitro benzene ring substituents is 1. The van der Waals surface area contributed by atoms with Crippen molar-refractivity contribution in [3.8, 4) is 0 Å². The van der Waals surface area contributed by atoms with E-state index in [0.29, 0.717) is 0 Å². The van der Waals surface area contributed by atoms with Gasteiger partial charge in [-0.2, -0.15) is 0 Å². The van der Waals surface area contributed by atoms with E-state index in [-0.39, 0.29) is 23.3 Å². The zero-order valence-electron chi connectivity index (χ0n) is 14.6. The number of para-hydroxylation sites is 2. The SMILES string of the molecule is C[C@@H](C(=O)Nc1ccccc1[N+](=O)[O-])N1CCN(Cc2ccco2)CC1. The van der Waals surface area contributed by atoms with E-state index in [9.17, 15) is 14.9 Å². The fraction of sp³-hybridized carbons (Fsp3) is 0.389. The average molecular weight is 358 g/mol. The lowest BCUT2D eigenvalue weighted by atomic mass is 10.2. The normalized spacial score (nSPS) is 17.0. The molecule has 1 amide bonds. The highest BCUT2D eigenvalue weighted by molar-refractivity contribution is 5.96. The number of benzene rings is 1. The van der Waals surface area contributed by atoms with E-state index in [1.807, 2.05) is 19.1 Å². The average Bonchev–Trinajstić information content (AvgIpc) is 3.15. The molecule has 1 N–H and O–H groups in total. The summed E-state index contributed by atoms with van der Waals surface area (Å²) in [5.41, 5.74) is 0.127. The van der Waals surface area contributed by atoms with Crippen molar-refractivity contribution in [2.24, 2.45) is 0 Å². The zero-order chi connectivity index (χ0) is 18.5. The smallest absolute Gasteiger partial charge is 0.292 e. The molecular weight excluding hydrogens is 336 g/mol. The molecule has 8 nitrogen and oxygen atoms in total. The Kier molecular flexibility index (Phi) is 5.65. The number of anilines is 1. The van der Waals surface area contributed by atoms with Gasteiger partial charge in [-0.05, 0) is 25.1 Å². The Morgan fingerprint density at radius 1 is 1.23 bits per heavy atom. The minimum Gasteiger partial charge on any atom is -0.468 e. The van der Waals surface area contributed by atoms with Crippen LogP contribution in [-0.4, -0.2) is 52.9 Å². The van der Waals surface area contributed by atoms with E-state index >= 15 is 0 Å². The number of carbonyl (C=O) groups is 1. The summed E-state index contributed by atoms with van der Waals surface area (Å²) in [6.45, 7) is 5.77. The molecule has 1 aromatic heterocycles. The highest BCUT2D eigenvalue weighted by Crippen LogP contribution is 2.23. The summed E-state index contributed by atoms with van der Waals surface area (Å²) < 4.78 is 5.37. The highest BCUT2D eigenvalue weighted by Gasteiger charge is 2.27. The van der Waals surface area contributed by atoms with Crippen LogP contribution in [-0.2, 0) is 11.3 Å². The van der Waals surface area contributed by atoms with E-state index in [0.717, 1.165) is 38.5 Å². The van der Waals surface area contributed by atoms with E-state index < -0.39 is 4.92 Å². The minimum absolute atomic E-state index is 0.101. The largest absolute Gasteiger partial charge is 0.468 e. The Morgan fingerprint density at radius 3 is 2.62 bits per heavy atom. The number of furan rings is 1. The Morgan fingerprint density at radius 2 is 1.96 bits per heavy atom. The molecule has 26 heavy (non-hydrogen) atoms. The summed E-state index contributed by atoms with van der Waals surface area (Å²) in [7, 11) is 0. The van der Waals surface area contributed by atoms with Crippen molar-refractivity contribution >= 4 is 17.3 Å². The molecule has 1 aliphatic rings. The summed E-state index contributed by atoms with van der Waals surface area (Å²) in [5, 5.41) is 13.8. The van der Waals surface area contributed by atoms with Gasteiger partial charge < -0.3 is 9.73 Å². The fourth-order valence-electron chi connectivity index (χ4n) is 3.07. The van der Waals surface area contributed by atoms with Gasteiger partial charge in [0.25, 0.3) is 5.69 Å². The van der Waals surface area contributed by atoms with E-state index in [4.69, 9.17) is 4.42 Å². The molecular formula is C18H22N4O4. The van der Waals surface area contributed by atoms with Crippen LogP contribution in [0, 0.1) is 10.1 Å². The molecule has 1 fully saturated rings. The Bertz CT molecular complexity index is 754. The Hall–Kier alpha value is -2.71. The number of nitrogens with zero attached hydrogens (tertiary/aromatic N) is 3. The highest BCUT2D eigenvalue weighted by atomic mass is 16.6. The van der Waals surface area contributed by atoms with Gasteiger partial charge in [-0.1, -0.05) is 12.1 Å². The van der Waals surface area contributed by atoms with Gasteiger partial charge in [0.15, 0.2) is 0 Å². The first kappa shape index (κ1) is 18.1. The molecule has 0 bridgehead atoms. The summed E-state index contributed by atoms with van der Waals surface area (Å²) in [6, 6.07) is 9.64. The van der Waals surface area contributed by atoms with Gasteiger partial charge in [0.2, 0.25) is 5.91 Å². The van der Waals surface area contributed by atoms with Crippen LogP contribution in [0.3, 0.4) is 0 Å². The maximum Gasteiger partial charge on any atom is 0.292 e. The Labute approximate surface area is 151 Å². The first-order valence-corrected chi connectivity index (χ1v) is 8.57. The number of hydrogen-bond acceptors (Lipinski definition) is 6. The predicted octanol–water partition coefficient (Wildman–Crippen LogP) is 2.33. The molecule has 0 spiro atoms. The predicted molar refractivity (Wildman–Crippen MR) is 96.7 cm³/mol. The lowest BCUT2D eigenvalue weighted by molar-refractivity contribution is -0.383. The number of nitro groups is 1. The van der Waals surface area contributed by atoms with Crippen molar-refractivity contribution in [2.75, 3.05) is 31.5 Å². The lowest BCUT2D eigenvalue weighted by Gasteiger charge is -2.37. The first-order chi connectivity index (χ1) is 12.5. The van der Waals surface area contributed by atoms with Crippen LogP contribution in [0.5, 0.6) is 0 Å². The van der Waals surface area contributed by atoms with Crippen LogP contribution in [0.2, 0.25) is 0 Å². The standard InChI is InChI=1S/C18H22N4O4/c1-14(18(23)19-16-6-2-3-7-17(16)22(24)25)21-10-8-20(9-11-21)13-15-5-4-12-26-15/h2-7,12,14H,8-11,13H2,1H3,(H,19,23)/t14-/m0/s1. The number of piperazine rings is 1. The van der Waals surface area contributed by atoms with Crippen molar-refractivity contribution in [2.45, 2.75) is 19.5 Å². The zero-order valence-corrected chi connectivity index (χ0v) is 14.6. The molecule has 3 rings (SSSR count). The summed E-state index contributed by atoms with van der Waals surface area (Å²) in [5.74, 6) is 0.694. The molecule has 0 radical (unpaired) electrons. The van der Waals surface area contributed by atoms with Crippen LogP contribution in [0.4, 0.5) is 11.4 Å². The van der Waals surface area contributed by atoms with Crippen LogP contribution in [0.25, 0.3) is 0 Å². The van der Waals surface area contributed by atoms with Gasteiger partial charge in [0.05, 0.1) is 23.8 Å². The number of rotatable bonds is 6. The fourth-order valence-corrected chi connectivity index (χ4v) is 3.07. The minimum atomic E-state index is -0.492. The molecule has 1 aliphatic heterocycles. The van der Waals surface area contributed by atoms with Crippen molar-refractivity contribution in [1.29, 1.82) is 0 Å². The van der Waals surface area contributed by atoms with Crippen molar-refractivity contribution < 1.29 is 14.1 Å². The lowest BCUT2D eigenvalue weighted by Crippen LogP contribution is -2.52. The van der Waals surface area contributed by atoms with Crippen LogP contribution in [0.1, 0.15) is 12.7 Å².